The number of rotatable bonds is 7. The maximum absolute atomic E-state index is 12.6. The largest absolute Gasteiger partial charge is 0.508 e. The van der Waals surface area contributed by atoms with Crippen molar-refractivity contribution in [2.75, 3.05) is 13.1 Å². The van der Waals surface area contributed by atoms with Gasteiger partial charge >= 0.3 is 0 Å². The molecule has 1 amide bonds. The van der Waals surface area contributed by atoms with E-state index in [2.05, 4.69) is 38.8 Å². The molecule has 1 aliphatic rings. The van der Waals surface area contributed by atoms with E-state index in [4.69, 9.17) is 4.42 Å². The van der Waals surface area contributed by atoms with Gasteiger partial charge in [0.15, 0.2) is 11.6 Å². The van der Waals surface area contributed by atoms with E-state index in [1.54, 1.807) is 18.2 Å². The lowest BCUT2D eigenvalue weighted by molar-refractivity contribution is 0.0900. The van der Waals surface area contributed by atoms with E-state index in [0.29, 0.717) is 24.0 Å². The maximum atomic E-state index is 12.6. The molecular formula is C23H29N5O3. The fourth-order valence-electron chi connectivity index (χ4n) is 4.03. The molecule has 0 fully saturated rings. The Labute approximate surface area is 181 Å². The molecule has 2 N–H and O–H groups in total. The number of carbonyl (C=O) groups is 1. The van der Waals surface area contributed by atoms with Crippen molar-refractivity contribution in [2.45, 2.75) is 45.8 Å². The number of hydrogen-bond acceptors (Lipinski definition) is 6. The Morgan fingerprint density at radius 3 is 2.74 bits per heavy atom. The predicted octanol–water partition coefficient (Wildman–Crippen LogP) is 3.15. The zero-order valence-electron chi connectivity index (χ0n) is 18.0. The molecule has 1 aliphatic heterocycles. The van der Waals surface area contributed by atoms with Crippen LogP contribution in [-0.4, -0.2) is 43.8 Å². The number of benzene rings is 1. The number of phenols is 1. The number of furan rings is 1. The SMILES string of the molecule is CC(C)C[C@H](NC(=O)c1ccco1)c1nnc2n1CCN(Cc1ccccc1O)CC2. The quantitative estimate of drug-likeness (QED) is 0.606. The number of phenolic OH excluding ortho intramolecular Hbond substituents is 1. The van der Waals surface area contributed by atoms with Crippen LogP contribution in [-0.2, 0) is 19.5 Å². The summed E-state index contributed by atoms with van der Waals surface area (Å²) in [6, 6.07) is 10.6. The smallest absolute Gasteiger partial charge is 0.287 e. The van der Waals surface area contributed by atoms with Crippen LogP contribution in [0.2, 0.25) is 0 Å². The number of aromatic nitrogens is 3. The van der Waals surface area contributed by atoms with Crippen LogP contribution in [0, 0.1) is 5.92 Å². The summed E-state index contributed by atoms with van der Waals surface area (Å²) in [4.78, 5) is 14.9. The van der Waals surface area contributed by atoms with E-state index in [0.717, 1.165) is 49.7 Å². The molecule has 4 rings (SSSR count). The summed E-state index contributed by atoms with van der Waals surface area (Å²) in [7, 11) is 0. The number of amides is 1. The highest BCUT2D eigenvalue weighted by atomic mass is 16.3. The minimum absolute atomic E-state index is 0.247. The molecule has 0 saturated heterocycles. The summed E-state index contributed by atoms with van der Waals surface area (Å²) in [5.74, 6) is 2.45. The third-order valence-corrected chi connectivity index (χ3v) is 5.60. The monoisotopic (exact) mass is 423 g/mol. The van der Waals surface area contributed by atoms with Crippen molar-refractivity contribution in [3.05, 3.63) is 65.6 Å². The molecule has 3 heterocycles. The second-order valence-corrected chi connectivity index (χ2v) is 8.41. The first kappa shape index (κ1) is 21.1. The molecule has 0 saturated carbocycles. The van der Waals surface area contributed by atoms with Gasteiger partial charge in [-0.1, -0.05) is 32.0 Å². The van der Waals surface area contributed by atoms with Crippen LogP contribution in [0.1, 0.15) is 54.1 Å². The zero-order valence-corrected chi connectivity index (χ0v) is 18.0. The lowest BCUT2D eigenvalue weighted by Gasteiger charge is -2.22. The van der Waals surface area contributed by atoms with Crippen LogP contribution >= 0.6 is 0 Å². The van der Waals surface area contributed by atoms with Crippen molar-refractivity contribution in [3.8, 4) is 5.75 Å². The Balaban J connectivity index is 1.50. The first-order valence-corrected chi connectivity index (χ1v) is 10.8. The van der Waals surface area contributed by atoms with Crippen molar-refractivity contribution in [1.82, 2.24) is 25.0 Å². The highest BCUT2D eigenvalue weighted by Crippen LogP contribution is 2.24. The van der Waals surface area contributed by atoms with Gasteiger partial charge in [-0.3, -0.25) is 9.69 Å². The summed E-state index contributed by atoms with van der Waals surface area (Å²) in [6.07, 6.45) is 3.02. The summed E-state index contributed by atoms with van der Waals surface area (Å²) in [5, 5.41) is 22.1. The summed E-state index contributed by atoms with van der Waals surface area (Å²) >= 11 is 0. The molecule has 1 atom stereocenters. The number of aromatic hydroxyl groups is 1. The van der Waals surface area contributed by atoms with Gasteiger partial charge < -0.3 is 19.4 Å². The molecule has 164 valence electrons. The fraction of sp³-hybridized carbons (Fsp3) is 0.435. The summed E-state index contributed by atoms with van der Waals surface area (Å²) < 4.78 is 7.39. The van der Waals surface area contributed by atoms with Gasteiger partial charge in [0.2, 0.25) is 0 Å². The van der Waals surface area contributed by atoms with Crippen LogP contribution in [0.4, 0.5) is 0 Å². The Morgan fingerprint density at radius 2 is 2.00 bits per heavy atom. The topological polar surface area (TPSA) is 96.4 Å². The number of hydrogen-bond donors (Lipinski definition) is 2. The van der Waals surface area contributed by atoms with E-state index in [1.165, 1.54) is 6.26 Å². The van der Waals surface area contributed by atoms with E-state index in [-0.39, 0.29) is 11.9 Å². The summed E-state index contributed by atoms with van der Waals surface area (Å²) in [6.45, 7) is 7.31. The third-order valence-electron chi connectivity index (χ3n) is 5.60. The van der Waals surface area contributed by atoms with E-state index in [1.807, 2.05) is 18.2 Å². The molecule has 3 aromatic rings. The molecule has 2 aromatic heterocycles. The molecule has 8 nitrogen and oxygen atoms in total. The first-order chi connectivity index (χ1) is 15.0. The average Bonchev–Trinajstić information content (AvgIpc) is 3.37. The molecule has 31 heavy (non-hydrogen) atoms. The number of nitrogens with one attached hydrogen (secondary N) is 1. The Kier molecular flexibility index (Phi) is 6.36. The number of para-hydroxylation sites is 1. The highest BCUT2D eigenvalue weighted by Gasteiger charge is 2.27. The lowest BCUT2D eigenvalue weighted by atomic mass is 10.0. The van der Waals surface area contributed by atoms with E-state index >= 15 is 0 Å². The van der Waals surface area contributed by atoms with Gasteiger partial charge in [0.1, 0.15) is 11.6 Å². The molecular weight excluding hydrogens is 394 g/mol. The van der Waals surface area contributed by atoms with Crippen molar-refractivity contribution in [3.63, 3.8) is 0 Å². The second-order valence-electron chi connectivity index (χ2n) is 8.41. The zero-order chi connectivity index (χ0) is 21.8. The van der Waals surface area contributed by atoms with Crippen LogP contribution in [0.25, 0.3) is 0 Å². The van der Waals surface area contributed by atoms with Crippen LogP contribution in [0.15, 0.2) is 47.1 Å². The lowest BCUT2D eigenvalue weighted by Crippen LogP contribution is -2.32. The van der Waals surface area contributed by atoms with Crippen molar-refractivity contribution < 1.29 is 14.3 Å². The molecule has 0 unspecified atom stereocenters. The minimum Gasteiger partial charge on any atom is -0.508 e. The molecule has 8 heteroatoms. The fourth-order valence-corrected chi connectivity index (χ4v) is 4.03. The predicted molar refractivity (Wildman–Crippen MR) is 115 cm³/mol. The average molecular weight is 424 g/mol. The highest BCUT2D eigenvalue weighted by molar-refractivity contribution is 5.91. The van der Waals surface area contributed by atoms with Gasteiger partial charge in [-0.05, 0) is 30.5 Å². The minimum atomic E-state index is -0.247. The second kappa shape index (κ2) is 9.34. The van der Waals surface area contributed by atoms with Gasteiger partial charge in [-0.15, -0.1) is 10.2 Å². The Morgan fingerprint density at radius 1 is 1.16 bits per heavy atom. The number of carbonyl (C=O) groups excluding carboxylic acids is 1. The summed E-state index contributed by atoms with van der Waals surface area (Å²) in [5.41, 5.74) is 0.920. The number of nitrogens with zero attached hydrogens (tertiary/aromatic N) is 4. The van der Waals surface area contributed by atoms with Gasteiger partial charge in [0.05, 0.1) is 12.3 Å². The molecule has 0 spiro atoms. The van der Waals surface area contributed by atoms with Crippen LogP contribution in [0.3, 0.4) is 0 Å². The van der Waals surface area contributed by atoms with Gasteiger partial charge in [-0.2, -0.15) is 0 Å². The van der Waals surface area contributed by atoms with Crippen LogP contribution in [0.5, 0.6) is 5.75 Å². The molecule has 0 radical (unpaired) electrons. The molecule has 0 bridgehead atoms. The van der Waals surface area contributed by atoms with Crippen LogP contribution < -0.4 is 5.32 Å². The van der Waals surface area contributed by atoms with Gasteiger partial charge in [0, 0.05) is 38.2 Å². The van der Waals surface area contributed by atoms with Gasteiger partial charge in [0.25, 0.3) is 5.91 Å². The standard InChI is InChI=1S/C23H29N5O3/c1-16(2)14-18(24-23(30)20-8-5-13-31-20)22-26-25-21-9-10-27(11-12-28(21)22)15-17-6-3-4-7-19(17)29/h3-8,13,16,18,29H,9-12,14-15H2,1-2H3,(H,24,30)/t18-/m0/s1. The van der Waals surface area contributed by atoms with Crippen molar-refractivity contribution in [1.29, 1.82) is 0 Å². The van der Waals surface area contributed by atoms with Crippen molar-refractivity contribution >= 4 is 5.91 Å². The normalized spacial score (nSPS) is 15.5. The van der Waals surface area contributed by atoms with E-state index in [9.17, 15) is 9.90 Å². The maximum Gasteiger partial charge on any atom is 0.287 e. The first-order valence-electron chi connectivity index (χ1n) is 10.8. The molecule has 0 aliphatic carbocycles. The number of fused-ring (bicyclic) bond motifs is 1. The van der Waals surface area contributed by atoms with E-state index < -0.39 is 0 Å². The Hall–Kier alpha value is -3.13. The Bertz CT molecular complexity index is 1010. The third kappa shape index (κ3) is 4.96. The van der Waals surface area contributed by atoms with Crippen molar-refractivity contribution in [2.24, 2.45) is 5.92 Å². The molecule has 1 aromatic carbocycles. The van der Waals surface area contributed by atoms with Gasteiger partial charge in [-0.25, -0.2) is 0 Å².